The van der Waals surface area contributed by atoms with Crippen molar-refractivity contribution in [1.82, 2.24) is 4.98 Å². The topological polar surface area (TPSA) is 38.9 Å². The molecule has 0 aliphatic carbocycles. The molecule has 0 fully saturated rings. The summed E-state index contributed by atoms with van der Waals surface area (Å²) in [7, 11) is 0. The van der Waals surface area contributed by atoms with Crippen molar-refractivity contribution in [2.24, 2.45) is 5.73 Å². The predicted octanol–water partition coefficient (Wildman–Crippen LogP) is 4.49. The molecule has 1 atom stereocenters. The van der Waals surface area contributed by atoms with Gasteiger partial charge in [-0.3, -0.25) is 0 Å². The van der Waals surface area contributed by atoms with Crippen LogP contribution in [0.2, 0.25) is 0 Å². The summed E-state index contributed by atoms with van der Waals surface area (Å²) in [5, 5.41) is 1.05. The first-order valence-electron chi connectivity index (χ1n) is 6.63. The van der Waals surface area contributed by atoms with Gasteiger partial charge < -0.3 is 5.73 Å². The average molecular weight is 345 g/mol. The van der Waals surface area contributed by atoms with Crippen LogP contribution in [0.1, 0.15) is 22.9 Å². The van der Waals surface area contributed by atoms with Crippen LogP contribution < -0.4 is 5.73 Å². The van der Waals surface area contributed by atoms with E-state index in [1.165, 1.54) is 12.1 Å². The Balaban J connectivity index is 2.12. The van der Waals surface area contributed by atoms with Crippen LogP contribution in [0.25, 0.3) is 10.9 Å². The van der Waals surface area contributed by atoms with E-state index < -0.39 is 6.04 Å². The Labute approximate surface area is 130 Å². The van der Waals surface area contributed by atoms with E-state index in [1.807, 2.05) is 37.3 Å². The highest BCUT2D eigenvalue weighted by molar-refractivity contribution is 9.10. The van der Waals surface area contributed by atoms with E-state index >= 15 is 0 Å². The molecule has 0 bridgehead atoms. The van der Waals surface area contributed by atoms with Crippen LogP contribution in [0.15, 0.2) is 53.0 Å². The van der Waals surface area contributed by atoms with Gasteiger partial charge >= 0.3 is 0 Å². The van der Waals surface area contributed by atoms with Crippen LogP contribution in [0, 0.1) is 12.7 Å². The Morgan fingerprint density at radius 1 is 1.14 bits per heavy atom. The number of benzene rings is 2. The number of hydrogen-bond donors (Lipinski definition) is 1. The molecule has 1 aromatic heterocycles. The van der Waals surface area contributed by atoms with E-state index in [0.29, 0.717) is 0 Å². The lowest BCUT2D eigenvalue weighted by molar-refractivity contribution is 0.624. The van der Waals surface area contributed by atoms with Crippen molar-refractivity contribution in [3.05, 3.63) is 75.6 Å². The summed E-state index contributed by atoms with van der Waals surface area (Å²) < 4.78 is 14.1. The molecule has 0 aliphatic heterocycles. The van der Waals surface area contributed by atoms with Crippen molar-refractivity contribution in [3.63, 3.8) is 0 Å². The number of aromatic nitrogens is 1. The van der Waals surface area contributed by atoms with Gasteiger partial charge in [0.15, 0.2) is 0 Å². The molecule has 2 N–H and O–H groups in total. The second-order valence-electron chi connectivity index (χ2n) is 5.03. The van der Waals surface area contributed by atoms with Crippen molar-refractivity contribution in [2.75, 3.05) is 0 Å². The normalized spacial score (nSPS) is 12.6. The lowest BCUT2D eigenvalue weighted by Gasteiger charge is -2.16. The van der Waals surface area contributed by atoms with Crippen LogP contribution in [-0.2, 0) is 0 Å². The maximum absolute atomic E-state index is 13.2. The zero-order valence-corrected chi connectivity index (χ0v) is 13.1. The van der Waals surface area contributed by atoms with Gasteiger partial charge in [0.2, 0.25) is 0 Å². The Hall–Kier alpha value is -1.78. The van der Waals surface area contributed by atoms with Gasteiger partial charge in [0, 0.05) is 9.86 Å². The van der Waals surface area contributed by atoms with Crippen molar-refractivity contribution in [1.29, 1.82) is 0 Å². The largest absolute Gasteiger partial charge is 0.319 e. The van der Waals surface area contributed by atoms with Crippen LogP contribution in [0.3, 0.4) is 0 Å². The van der Waals surface area contributed by atoms with Crippen molar-refractivity contribution < 1.29 is 4.39 Å². The number of hydrogen-bond acceptors (Lipinski definition) is 2. The highest BCUT2D eigenvalue weighted by atomic mass is 79.9. The number of nitrogens with zero attached hydrogens (tertiary/aromatic N) is 1. The molecule has 3 rings (SSSR count). The fraction of sp³-hybridized carbons (Fsp3) is 0.118. The smallest absolute Gasteiger partial charge is 0.123 e. The fourth-order valence-corrected chi connectivity index (χ4v) is 3.04. The molecule has 21 heavy (non-hydrogen) atoms. The second kappa shape index (κ2) is 5.54. The fourth-order valence-electron chi connectivity index (χ4n) is 2.46. The summed E-state index contributed by atoms with van der Waals surface area (Å²) in [5.74, 6) is -0.256. The average Bonchev–Trinajstić information content (AvgIpc) is 2.46. The van der Waals surface area contributed by atoms with E-state index in [0.717, 1.165) is 32.2 Å². The molecule has 0 saturated heterocycles. The van der Waals surface area contributed by atoms with Gasteiger partial charge in [0.1, 0.15) is 5.82 Å². The van der Waals surface area contributed by atoms with Gasteiger partial charge in [-0.15, -0.1) is 0 Å². The standard InChI is InChI=1S/C17H14BrFN2/c1-10-8-12(19)6-7-13(10)16(20)17-14(18)9-11-4-2-3-5-15(11)21-17/h2-9,16H,20H2,1H3. The van der Waals surface area contributed by atoms with Crippen LogP contribution in [0.4, 0.5) is 4.39 Å². The molecule has 0 amide bonds. The number of nitrogens with two attached hydrogens (primary N) is 1. The molecule has 0 radical (unpaired) electrons. The van der Waals surface area contributed by atoms with Crippen LogP contribution in [0.5, 0.6) is 0 Å². The van der Waals surface area contributed by atoms with Gasteiger partial charge in [0.05, 0.1) is 17.3 Å². The van der Waals surface area contributed by atoms with Crippen LogP contribution >= 0.6 is 15.9 Å². The monoisotopic (exact) mass is 344 g/mol. The Morgan fingerprint density at radius 2 is 1.90 bits per heavy atom. The minimum atomic E-state index is -0.399. The molecular formula is C17H14BrFN2. The summed E-state index contributed by atoms with van der Waals surface area (Å²) >= 11 is 3.54. The summed E-state index contributed by atoms with van der Waals surface area (Å²) in [6.45, 7) is 1.85. The third-order valence-corrected chi connectivity index (χ3v) is 4.20. The molecule has 0 saturated carbocycles. The highest BCUT2D eigenvalue weighted by Gasteiger charge is 2.17. The van der Waals surface area contributed by atoms with E-state index in [-0.39, 0.29) is 5.82 Å². The third kappa shape index (κ3) is 2.69. The van der Waals surface area contributed by atoms with Crippen LogP contribution in [-0.4, -0.2) is 4.98 Å². The van der Waals surface area contributed by atoms with Crippen molar-refractivity contribution >= 4 is 26.8 Å². The minimum Gasteiger partial charge on any atom is -0.319 e. The van der Waals surface area contributed by atoms with Crippen molar-refractivity contribution in [3.8, 4) is 0 Å². The molecule has 2 nitrogen and oxygen atoms in total. The summed E-state index contributed by atoms with van der Waals surface area (Å²) in [5.41, 5.74) is 9.69. The number of fused-ring (bicyclic) bond motifs is 1. The number of para-hydroxylation sites is 1. The number of rotatable bonds is 2. The first kappa shape index (κ1) is 14.2. The zero-order chi connectivity index (χ0) is 15.0. The van der Waals surface area contributed by atoms with Gasteiger partial charge in [0.25, 0.3) is 0 Å². The predicted molar refractivity (Wildman–Crippen MR) is 86.6 cm³/mol. The molecule has 4 heteroatoms. The molecule has 3 aromatic rings. The van der Waals surface area contributed by atoms with Gasteiger partial charge in [-0.2, -0.15) is 0 Å². The maximum atomic E-state index is 13.2. The Kier molecular flexibility index (Phi) is 3.74. The molecule has 2 aromatic carbocycles. The van der Waals surface area contributed by atoms with Gasteiger partial charge in [-0.1, -0.05) is 24.3 Å². The zero-order valence-electron chi connectivity index (χ0n) is 11.5. The van der Waals surface area contributed by atoms with E-state index in [2.05, 4.69) is 20.9 Å². The number of aryl methyl sites for hydroxylation is 1. The molecular weight excluding hydrogens is 331 g/mol. The van der Waals surface area contributed by atoms with Crippen molar-refractivity contribution in [2.45, 2.75) is 13.0 Å². The number of halogens is 2. The lowest BCUT2D eigenvalue weighted by atomic mass is 9.98. The first-order valence-corrected chi connectivity index (χ1v) is 7.42. The SMILES string of the molecule is Cc1cc(F)ccc1C(N)c1nc2ccccc2cc1Br. The maximum Gasteiger partial charge on any atom is 0.123 e. The lowest BCUT2D eigenvalue weighted by Crippen LogP contribution is -2.15. The van der Waals surface area contributed by atoms with Gasteiger partial charge in [-0.25, -0.2) is 9.37 Å². The minimum absolute atomic E-state index is 0.256. The van der Waals surface area contributed by atoms with Gasteiger partial charge in [-0.05, 0) is 58.2 Å². The Morgan fingerprint density at radius 3 is 2.67 bits per heavy atom. The van der Waals surface area contributed by atoms with E-state index in [4.69, 9.17) is 5.73 Å². The Bertz CT molecular complexity index is 817. The molecule has 1 heterocycles. The molecule has 0 aliphatic rings. The quantitative estimate of drug-likeness (QED) is 0.743. The van der Waals surface area contributed by atoms with E-state index in [1.54, 1.807) is 6.07 Å². The number of pyridine rings is 1. The summed E-state index contributed by atoms with van der Waals surface area (Å²) in [4.78, 5) is 4.65. The molecule has 1 unspecified atom stereocenters. The van der Waals surface area contributed by atoms with E-state index in [9.17, 15) is 4.39 Å². The highest BCUT2D eigenvalue weighted by Crippen LogP contribution is 2.30. The summed E-state index contributed by atoms with van der Waals surface area (Å²) in [6.07, 6.45) is 0. The first-order chi connectivity index (χ1) is 10.1. The molecule has 0 spiro atoms. The second-order valence-corrected chi connectivity index (χ2v) is 5.88. The third-order valence-electron chi connectivity index (χ3n) is 3.57. The molecule has 106 valence electrons. The summed E-state index contributed by atoms with van der Waals surface area (Å²) in [6, 6.07) is 14.1.